The Morgan fingerprint density at radius 1 is 1.45 bits per heavy atom. The summed E-state index contributed by atoms with van der Waals surface area (Å²) in [4.78, 5) is 18.9. The maximum absolute atomic E-state index is 12.1. The molecule has 3 heterocycles. The van der Waals surface area contributed by atoms with Crippen LogP contribution in [0.2, 0.25) is 0 Å². The van der Waals surface area contributed by atoms with Gasteiger partial charge in [-0.3, -0.25) is 10.1 Å². The number of hydrogen-bond acceptors (Lipinski definition) is 6. The van der Waals surface area contributed by atoms with Gasteiger partial charge in [0, 0.05) is 18.8 Å². The Balaban J connectivity index is 1.70. The molecule has 2 aromatic rings. The summed E-state index contributed by atoms with van der Waals surface area (Å²) in [7, 11) is 0. The van der Waals surface area contributed by atoms with Crippen molar-refractivity contribution >= 4 is 28.2 Å². The molecule has 0 aliphatic carbocycles. The predicted octanol–water partition coefficient (Wildman–Crippen LogP) is 2.95. The Bertz CT molecular complexity index is 613. The molecule has 1 unspecified atom stereocenters. The highest BCUT2D eigenvalue weighted by atomic mass is 32.1. The first-order valence-electron chi connectivity index (χ1n) is 7.58. The highest BCUT2D eigenvalue weighted by Crippen LogP contribution is 2.25. The van der Waals surface area contributed by atoms with Crippen LogP contribution in [-0.2, 0) is 0 Å². The third-order valence-electron chi connectivity index (χ3n) is 3.98. The summed E-state index contributed by atoms with van der Waals surface area (Å²) < 4.78 is 0. The second kappa shape index (κ2) is 6.83. The van der Waals surface area contributed by atoms with E-state index < -0.39 is 0 Å². The maximum Gasteiger partial charge on any atom is 0.259 e. The van der Waals surface area contributed by atoms with Crippen LogP contribution in [0.15, 0.2) is 23.8 Å². The minimum Gasteiger partial charge on any atom is -0.354 e. The molecule has 0 bridgehead atoms. The minimum absolute atomic E-state index is 0.207. The number of carbonyl (C=O) groups is 1. The van der Waals surface area contributed by atoms with Crippen molar-refractivity contribution in [3.05, 3.63) is 29.4 Å². The molecule has 1 saturated heterocycles. The van der Waals surface area contributed by atoms with Gasteiger partial charge in [-0.25, -0.2) is 4.98 Å². The van der Waals surface area contributed by atoms with Gasteiger partial charge in [-0.2, -0.15) is 0 Å². The zero-order valence-electron chi connectivity index (χ0n) is 12.5. The molecule has 1 fully saturated rings. The molecule has 0 saturated carbocycles. The quantitative estimate of drug-likeness (QED) is 0.938. The molecule has 22 heavy (non-hydrogen) atoms. The number of aromatic nitrogens is 3. The summed E-state index contributed by atoms with van der Waals surface area (Å²) in [6, 6.07) is 4.31. The fraction of sp³-hybridized carbons (Fsp3) is 0.467. The van der Waals surface area contributed by atoms with Gasteiger partial charge >= 0.3 is 0 Å². The molecule has 6 nitrogen and oxygen atoms in total. The van der Waals surface area contributed by atoms with Gasteiger partial charge in [0.1, 0.15) is 11.3 Å². The molecule has 1 aliphatic heterocycles. The third-order valence-corrected chi connectivity index (χ3v) is 4.59. The SMILES string of the molecule is CCC1CCCCN1c1ccc(C(=O)Nc2nncs2)cn1. The van der Waals surface area contributed by atoms with Crippen molar-refractivity contribution in [1.82, 2.24) is 15.2 Å². The monoisotopic (exact) mass is 317 g/mol. The van der Waals surface area contributed by atoms with Crippen molar-refractivity contribution in [3.63, 3.8) is 0 Å². The van der Waals surface area contributed by atoms with Gasteiger partial charge in [-0.15, -0.1) is 10.2 Å². The summed E-state index contributed by atoms with van der Waals surface area (Å²) in [5.74, 6) is 0.750. The smallest absolute Gasteiger partial charge is 0.259 e. The Morgan fingerprint density at radius 3 is 3.05 bits per heavy atom. The lowest BCUT2D eigenvalue weighted by Gasteiger charge is -2.36. The maximum atomic E-state index is 12.1. The van der Waals surface area contributed by atoms with Crippen LogP contribution in [0.1, 0.15) is 43.0 Å². The summed E-state index contributed by atoms with van der Waals surface area (Å²) in [6.45, 7) is 3.26. The fourth-order valence-corrected chi connectivity index (χ4v) is 3.25. The van der Waals surface area contributed by atoms with Crippen molar-refractivity contribution in [1.29, 1.82) is 0 Å². The van der Waals surface area contributed by atoms with Crippen LogP contribution >= 0.6 is 11.3 Å². The van der Waals surface area contributed by atoms with Crippen LogP contribution in [0, 0.1) is 0 Å². The van der Waals surface area contributed by atoms with E-state index in [1.165, 1.54) is 30.6 Å². The van der Waals surface area contributed by atoms with Crippen LogP contribution < -0.4 is 10.2 Å². The summed E-state index contributed by atoms with van der Waals surface area (Å²) in [6.07, 6.45) is 6.47. The first-order chi connectivity index (χ1) is 10.8. The topological polar surface area (TPSA) is 71.0 Å². The van der Waals surface area contributed by atoms with E-state index >= 15 is 0 Å². The molecule has 3 rings (SSSR count). The first-order valence-corrected chi connectivity index (χ1v) is 8.46. The van der Waals surface area contributed by atoms with Gasteiger partial charge in [0.15, 0.2) is 0 Å². The van der Waals surface area contributed by atoms with Gasteiger partial charge in [-0.05, 0) is 37.8 Å². The molecular weight excluding hydrogens is 298 g/mol. The molecule has 7 heteroatoms. The van der Waals surface area contributed by atoms with E-state index in [2.05, 4.69) is 32.3 Å². The van der Waals surface area contributed by atoms with Crippen molar-refractivity contribution in [2.75, 3.05) is 16.8 Å². The summed E-state index contributed by atoms with van der Waals surface area (Å²) in [5, 5.41) is 10.7. The zero-order chi connectivity index (χ0) is 15.4. The Hall–Kier alpha value is -2.02. The molecule has 1 aliphatic rings. The highest BCUT2D eigenvalue weighted by molar-refractivity contribution is 7.13. The fourth-order valence-electron chi connectivity index (χ4n) is 2.81. The molecule has 1 amide bonds. The van der Waals surface area contributed by atoms with Crippen molar-refractivity contribution < 1.29 is 4.79 Å². The van der Waals surface area contributed by atoms with Gasteiger partial charge in [-0.1, -0.05) is 18.3 Å². The number of pyridine rings is 1. The van der Waals surface area contributed by atoms with Gasteiger partial charge < -0.3 is 4.90 Å². The van der Waals surface area contributed by atoms with E-state index in [4.69, 9.17) is 0 Å². The molecule has 0 spiro atoms. The standard InChI is InChI=1S/C15H19N5OS/c1-2-12-5-3-4-8-20(12)13-7-6-11(9-16-13)14(21)18-15-19-17-10-22-15/h6-7,9-10,12H,2-5,8H2,1H3,(H,18,19,21). The Labute approximate surface area is 133 Å². The van der Waals surface area contributed by atoms with Crippen molar-refractivity contribution in [2.45, 2.75) is 38.6 Å². The number of rotatable bonds is 4. The number of nitrogens with zero attached hydrogens (tertiary/aromatic N) is 4. The van der Waals surface area contributed by atoms with Crippen molar-refractivity contribution in [2.24, 2.45) is 0 Å². The van der Waals surface area contributed by atoms with E-state index in [0.717, 1.165) is 18.8 Å². The summed E-state index contributed by atoms with van der Waals surface area (Å²) >= 11 is 1.29. The lowest BCUT2D eigenvalue weighted by Crippen LogP contribution is -2.39. The number of hydrogen-bond donors (Lipinski definition) is 1. The molecule has 2 aromatic heterocycles. The Morgan fingerprint density at radius 2 is 2.36 bits per heavy atom. The summed E-state index contributed by atoms with van der Waals surface area (Å²) in [5.41, 5.74) is 2.11. The number of amides is 1. The molecule has 116 valence electrons. The number of anilines is 2. The molecule has 0 aromatic carbocycles. The molecule has 1 atom stereocenters. The van der Waals surface area contributed by atoms with Crippen molar-refractivity contribution in [3.8, 4) is 0 Å². The zero-order valence-corrected chi connectivity index (χ0v) is 13.3. The third kappa shape index (κ3) is 3.24. The first kappa shape index (κ1) is 14.9. The lowest BCUT2D eigenvalue weighted by molar-refractivity contribution is 0.102. The molecule has 0 radical (unpaired) electrons. The van der Waals surface area contributed by atoms with Crippen LogP contribution in [-0.4, -0.2) is 33.7 Å². The number of piperidine rings is 1. The van der Waals surface area contributed by atoms with E-state index in [0.29, 0.717) is 16.7 Å². The normalized spacial score (nSPS) is 18.2. The largest absolute Gasteiger partial charge is 0.354 e. The van der Waals surface area contributed by atoms with Gasteiger partial charge in [0.2, 0.25) is 5.13 Å². The van der Waals surface area contributed by atoms with Gasteiger partial charge in [0.25, 0.3) is 5.91 Å². The lowest BCUT2D eigenvalue weighted by atomic mass is 10.00. The van der Waals surface area contributed by atoms with Crippen LogP contribution in [0.4, 0.5) is 10.9 Å². The predicted molar refractivity (Wildman–Crippen MR) is 87.4 cm³/mol. The van der Waals surface area contributed by atoms with E-state index in [-0.39, 0.29) is 5.91 Å². The second-order valence-electron chi connectivity index (χ2n) is 5.35. The molecular formula is C15H19N5OS. The van der Waals surface area contributed by atoms with E-state index in [1.807, 2.05) is 12.1 Å². The van der Waals surface area contributed by atoms with Crippen LogP contribution in [0.25, 0.3) is 0 Å². The van der Waals surface area contributed by atoms with E-state index in [1.54, 1.807) is 11.7 Å². The van der Waals surface area contributed by atoms with Gasteiger partial charge in [0.05, 0.1) is 5.56 Å². The van der Waals surface area contributed by atoms with E-state index in [9.17, 15) is 4.79 Å². The highest BCUT2D eigenvalue weighted by Gasteiger charge is 2.22. The Kier molecular flexibility index (Phi) is 4.62. The molecule has 1 N–H and O–H groups in total. The van der Waals surface area contributed by atoms with Crippen LogP contribution in [0.3, 0.4) is 0 Å². The average molecular weight is 317 g/mol. The minimum atomic E-state index is -0.207. The number of carbonyl (C=O) groups excluding carboxylic acids is 1. The average Bonchev–Trinajstić information content (AvgIpc) is 3.08. The van der Waals surface area contributed by atoms with Crippen LogP contribution in [0.5, 0.6) is 0 Å². The number of nitrogens with one attached hydrogen (secondary N) is 1. The second-order valence-corrected chi connectivity index (χ2v) is 6.19.